The van der Waals surface area contributed by atoms with Gasteiger partial charge in [-0.25, -0.2) is 0 Å². The van der Waals surface area contributed by atoms with E-state index in [1.807, 2.05) is 20.4 Å². The Morgan fingerprint density at radius 1 is 1.62 bits per heavy atom. The summed E-state index contributed by atoms with van der Waals surface area (Å²) in [7, 11) is -1.99. The van der Waals surface area contributed by atoms with Crippen LogP contribution >= 0.6 is 0 Å². The summed E-state index contributed by atoms with van der Waals surface area (Å²) in [5.74, 6) is 0. The second kappa shape index (κ2) is 2.46. The van der Waals surface area contributed by atoms with Gasteiger partial charge >= 0.3 is 0 Å². The van der Waals surface area contributed by atoms with Crippen LogP contribution in [0, 0.1) is 0 Å². The van der Waals surface area contributed by atoms with Crippen molar-refractivity contribution in [3.63, 3.8) is 0 Å². The molecule has 0 aliphatic rings. The van der Waals surface area contributed by atoms with E-state index in [-0.39, 0.29) is 0 Å². The summed E-state index contributed by atoms with van der Waals surface area (Å²) in [5, 5.41) is 0. The van der Waals surface area contributed by atoms with E-state index in [1.165, 1.54) is 0 Å². The number of rotatable bonds is 2. The summed E-state index contributed by atoms with van der Waals surface area (Å²) in [5.41, 5.74) is 2.09. The molecule has 0 radical (unpaired) electrons. The molecule has 8 heavy (non-hydrogen) atoms. The second-order valence-electron chi connectivity index (χ2n) is 2.58. The molecule has 48 valence electrons. The lowest BCUT2D eigenvalue weighted by atomic mass is 10.6. The first-order valence-electron chi connectivity index (χ1n) is 2.86. The van der Waals surface area contributed by atoms with E-state index in [2.05, 4.69) is 6.58 Å². The third-order valence-corrected chi connectivity index (χ3v) is 4.75. The highest BCUT2D eigenvalue weighted by Crippen LogP contribution is 2.16. The molecule has 0 aromatic rings. The van der Waals surface area contributed by atoms with Gasteiger partial charge in [0.05, 0.1) is 0 Å². The maximum absolute atomic E-state index is 9.42. The largest absolute Gasteiger partial charge is 0.428 e. The van der Waals surface area contributed by atoms with E-state index in [1.54, 1.807) is 5.70 Å². The van der Waals surface area contributed by atoms with Crippen LogP contribution in [0.4, 0.5) is 0 Å². The van der Waals surface area contributed by atoms with Gasteiger partial charge in [-0.1, -0.05) is 19.5 Å². The Morgan fingerprint density at radius 3 is 2.00 bits per heavy atom. The highest BCUT2D eigenvalue weighted by atomic mass is 28.4. The Bertz CT molecular complexity index is 86.5. The van der Waals surface area contributed by atoms with Gasteiger partial charge in [-0.05, 0) is 12.1 Å². The van der Waals surface area contributed by atoms with Crippen LogP contribution in [0.3, 0.4) is 0 Å². The van der Waals surface area contributed by atoms with E-state index in [0.29, 0.717) is 5.54 Å². The first-order chi connectivity index (χ1) is 3.50. The molecule has 0 aliphatic carbocycles. The molecule has 0 spiro atoms. The van der Waals surface area contributed by atoms with Gasteiger partial charge in [0.2, 0.25) is 8.32 Å². The third-order valence-electron chi connectivity index (χ3n) is 1.58. The lowest BCUT2D eigenvalue weighted by Crippen LogP contribution is -2.30. The van der Waals surface area contributed by atoms with Crippen LogP contribution < -0.4 is 0 Å². The molecule has 0 aromatic heterocycles. The minimum absolute atomic E-state index is 0.389. The molecule has 1 nitrogen and oxygen atoms in total. The zero-order valence-electron chi connectivity index (χ0n) is 5.81. The monoisotopic (exact) mass is 130 g/mol. The molecule has 0 aromatic carbocycles. The molecular formula is C6H14OSi. The van der Waals surface area contributed by atoms with E-state index in [4.69, 9.17) is 0 Å². The van der Waals surface area contributed by atoms with Crippen LogP contribution in [0.5, 0.6) is 0 Å². The van der Waals surface area contributed by atoms with E-state index >= 15 is 0 Å². The van der Waals surface area contributed by atoms with Crippen molar-refractivity contribution in [2.24, 2.45) is 0 Å². The maximum Gasteiger partial charge on any atom is 0.211 e. The minimum atomic E-state index is -1.99. The fraction of sp³-hybridized carbons (Fsp3) is 0.667. The highest BCUT2D eigenvalue weighted by Gasteiger charge is 2.23. The van der Waals surface area contributed by atoms with Gasteiger partial charge in [-0.2, -0.15) is 0 Å². The van der Waals surface area contributed by atoms with Gasteiger partial charge in [0.25, 0.3) is 0 Å². The molecule has 0 fully saturated rings. The Kier molecular flexibility index (Phi) is 2.44. The van der Waals surface area contributed by atoms with E-state index < -0.39 is 8.32 Å². The molecule has 1 atom stereocenters. The van der Waals surface area contributed by atoms with E-state index in [9.17, 15) is 4.80 Å². The molecule has 0 rings (SSSR count). The van der Waals surface area contributed by atoms with Crippen molar-refractivity contribution in [2.45, 2.75) is 25.9 Å². The minimum Gasteiger partial charge on any atom is -0.428 e. The summed E-state index contributed by atoms with van der Waals surface area (Å²) in [6.45, 7) is 9.50. The smallest absolute Gasteiger partial charge is 0.211 e. The maximum atomic E-state index is 9.42. The molecular weight excluding hydrogens is 116 g/mol. The summed E-state index contributed by atoms with van der Waals surface area (Å²) < 4.78 is 0. The van der Waals surface area contributed by atoms with Gasteiger partial charge in [-0.3, -0.25) is 0 Å². The van der Waals surface area contributed by atoms with Crippen molar-refractivity contribution in [2.75, 3.05) is 0 Å². The standard InChI is InChI=1S/C6H14OSi/c1-5-8(4,7)6(2)3/h5-7H,1H2,2-4H3. The first-order valence-corrected chi connectivity index (χ1v) is 5.47. The number of hydrogen-bond donors (Lipinski definition) is 1. The van der Waals surface area contributed by atoms with Crippen LogP contribution in [0.15, 0.2) is 12.3 Å². The average Bonchev–Trinajstić information content (AvgIpc) is 1.67. The summed E-state index contributed by atoms with van der Waals surface area (Å²) in [6, 6.07) is 0. The zero-order valence-corrected chi connectivity index (χ0v) is 6.81. The molecule has 0 aliphatic heterocycles. The molecule has 1 unspecified atom stereocenters. The lowest BCUT2D eigenvalue weighted by molar-refractivity contribution is 0.540. The molecule has 1 N–H and O–H groups in total. The Hall–Kier alpha value is -0.0831. The van der Waals surface area contributed by atoms with Crippen molar-refractivity contribution in [3.05, 3.63) is 12.3 Å². The van der Waals surface area contributed by atoms with Crippen molar-refractivity contribution >= 4 is 8.32 Å². The average molecular weight is 130 g/mol. The van der Waals surface area contributed by atoms with Crippen LogP contribution in [-0.2, 0) is 0 Å². The first kappa shape index (κ1) is 7.92. The van der Waals surface area contributed by atoms with Crippen molar-refractivity contribution < 1.29 is 4.80 Å². The Balaban J connectivity index is 3.90. The van der Waals surface area contributed by atoms with Crippen LogP contribution in [0.25, 0.3) is 0 Å². The normalized spacial score (nSPS) is 18.1. The topological polar surface area (TPSA) is 20.2 Å². The van der Waals surface area contributed by atoms with Crippen LogP contribution in [0.1, 0.15) is 13.8 Å². The van der Waals surface area contributed by atoms with Gasteiger partial charge in [-0.15, -0.1) is 6.58 Å². The molecule has 0 bridgehead atoms. The summed E-state index contributed by atoms with van der Waals surface area (Å²) >= 11 is 0. The second-order valence-corrected chi connectivity index (χ2v) is 6.60. The van der Waals surface area contributed by atoms with E-state index in [0.717, 1.165) is 0 Å². The predicted octanol–water partition coefficient (Wildman–Crippen LogP) is 1.69. The van der Waals surface area contributed by atoms with Crippen molar-refractivity contribution in [1.82, 2.24) is 0 Å². The zero-order chi connectivity index (χ0) is 6.78. The quantitative estimate of drug-likeness (QED) is 0.564. The molecule has 0 amide bonds. The Labute approximate surface area is 52.2 Å². The summed E-state index contributed by atoms with van der Waals surface area (Å²) in [4.78, 5) is 9.42. The predicted molar refractivity (Wildman–Crippen MR) is 39.1 cm³/mol. The Morgan fingerprint density at radius 2 is 2.00 bits per heavy atom. The SMILES string of the molecule is C=C[Si](C)(O)C(C)C. The molecule has 2 heteroatoms. The lowest BCUT2D eigenvalue weighted by Gasteiger charge is -2.18. The number of hydrogen-bond acceptors (Lipinski definition) is 1. The fourth-order valence-corrected chi connectivity index (χ4v) is 0.707. The molecule has 0 heterocycles. The van der Waals surface area contributed by atoms with Gasteiger partial charge in [0, 0.05) is 0 Å². The fourth-order valence-electron chi connectivity index (χ4n) is 0.236. The highest BCUT2D eigenvalue weighted by molar-refractivity contribution is 6.77. The van der Waals surface area contributed by atoms with Crippen molar-refractivity contribution in [1.29, 1.82) is 0 Å². The molecule has 0 saturated carbocycles. The third kappa shape index (κ3) is 1.80. The van der Waals surface area contributed by atoms with Crippen molar-refractivity contribution in [3.8, 4) is 0 Å². The van der Waals surface area contributed by atoms with Crippen LogP contribution in [0.2, 0.25) is 12.1 Å². The van der Waals surface area contributed by atoms with Gasteiger partial charge in [0.1, 0.15) is 0 Å². The van der Waals surface area contributed by atoms with Gasteiger partial charge in [0.15, 0.2) is 0 Å². The summed E-state index contributed by atoms with van der Waals surface area (Å²) in [6.07, 6.45) is 0. The van der Waals surface area contributed by atoms with Crippen LogP contribution in [-0.4, -0.2) is 13.1 Å². The molecule has 0 saturated heterocycles. The van der Waals surface area contributed by atoms with Gasteiger partial charge < -0.3 is 4.80 Å².